The maximum Gasteiger partial charge on any atom is 0.321 e. The molecule has 3 atom stereocenters. The number of fused-ring (bicyclic) bond motifs is 1. The Morgan fingerprint density at radius 2 is 1.47 bits per heavy atom. The molecule has 32 heavy (non-hydrogen) atoms. The molecule has 0 saturated carbocycles. The minimum absolute atomic E-state index is 0.190. The largest absolute Gasteiger partial charge is 0.480 e. The predicted molar refractivity (Wildman–Crippen MR) is 126 cm³/mol. The lowest BCUT2D eigenvalue weighted by Crippen LogP contribution is -2.32. The second-order valence-electron chi connectivity index (χ2n) is 6.86. The van der Waals surface area contributed by atoms with E-state index in [1.165, 1.54) is 0 Å². The van der Waals surface area contributed by atoms with E-state index in [2.05, 4.69) is 17.6 Å². The van der Waals surface area contributed by atoms with Gasteiger partial charge < -0.3 is 43.2 Å². The number of rotatable bonds is 10. The van der Waals surface area contributed by atoms with Crippen LogP contribution in [0.2, 0.25) is 0 Å². The molecule has 12 heteroatoms. The number of para-hydroxylation sites is 1. The molecule has 12 N–H and O–H groups in total. The number of carboxylic acids is 3. The van der Waals surface area contributed by atoms with E-state index in [9.17, 15) is 14.4 Å². The van der Waals surface area contributed by atoms with Gasteiger partial charge in [0.1, 0.15) is 18.1 Å². The van der Waals surface area contributed by atoms with Crippen molar-refractivity contribution in [3.05, 3.63) is 36.0 Å². The van der Waals surface area contributed by atoms with Crippen LogP contribution in [0.25, 0.3) is 10.9 Å². The third-order valence-electron chi connectivity index (χ3n) is 4.23. The number of nitrogens with one attached hydrogen (secondary N) is 1. The molecule has 0 saturated heterocycles. The molecule has 11 nitrogen and oxygen atoms in total. The number of carbonyl (C=O) groups is 3. The summed E-state index contributed by atoms with van der Waals surface area (Å²) in [6.45, 7) is 0.604. The normalized spacial score (nSPS) is 13.0. The third-order valence-corrected chi connectivity index (χ3v) is 4.63. The van der Waals surface area contributed by atoms with Crippen LogP contribution >= 0.6 is 12.6 Å². The number of aromatic amines is 1. The molecular formula is C20H33N5O6S. The fourth-order valence-electron chi connectivity index (χ4n) is 2.33. The van der Waals surface area contributed by atoms with Crippen LogP contribution in [0, 0.1) is 0 Å². The maximum absolute atomic E-state index is 10.6. The lowest BCUT2D eigenvalue weighted by atomic mass is 10.1. The van der Waals surface area contributed by atoms with E-state index in [-0.39, 0.29) is 5.75 Å². The van der Waals surface area contributed by atoms with Crippen molar-refractivity contribution in [3.63, 3.8) is 0 Å². The molecule has 0 bridgehead atoms. The average Bonchev–Trinajstić information content (AvgIpc) is 3.16. The van der Waals surface area contributed by atoms with Gasteiger partial charge in [-0.1, -0.05) is 24.6 Å². The van der Waals surface area contributed by atoms with Crippen molar-refractivity contribution in [1.82, 2.24) is 4.98 Å². The Morgan fingerprint density at radius 3 is 1.94 bits per heavy atom. The summed E-state index contributed by atoms with van der Waals surface area (Å²) in [4.78, 5) is 33.6. The number of aliphatic carboxylic acids is 3. The maximum atomic E-state index is 10.6. The van der Waals surface area contributed by atoms with Crippen molar-refractivity contribution in [3.8, 4) is 0 Å². The highest BCUT2D eigenvalue weighted by Gasteiger charge is 2.14. The molecule has 0 amide bonds. The van der Waals surface area contributed by atoms with Gasteiger partial charge in [0.25, 0.3) is 0 Å². The molecule has 2 rings (SSSR count). The van der Waals surface area contributed by atoms with Crippen LogP contribution in [-0.2, 0) is 20.8 Å². The van der Waals surface area contributed by atoms with Crippen molar-refractivity contribution in [2.45, 2.75) is 43.8 Å². The number of thiol groups is 1. The van der Waals surface area contributed by atoms with Gasteiger partial charge in [-0.2, -0.15) is 12.6 Å². The second kappa shape index (κ2) is 16.1. The van der Waals surface area contributed by atoms with E-state index in [0.717, 1.165) is 29.3 Å². The summed E-state index contributed by atoms with van der Waals surface area (Å²) in [7, 11) is 0. The Hall–Kier alpha value is -2.64. The Morgan fingerprint density at radius 1 is 0.906 bits per heavy atom. The van der Waals surface area contributed by atoms with E-state index in [4.69, 9.17) is 38.3 Å². The highest BCUT2D eigenvalue weighted by atomic mass is 32.1. The van der Waals surface area contributed by atoms with Crippen LogP contribution in [0.15, 0.2) is 30.5 Å². The van der Waals surface area contributed by atoms with E-state index in [1.54, 1.807) is 0 Å². The van der Waals surface area contributed by atoms with Gasteiger partial charge in [-0.05, 0) is 31.0 Å². The topological polar surface area (TPSA) is 232 Å². The SMILES string of the molecule is NCCCC[C@H](N)C(=O)O.N[C@@H](CS)C(=O)O.N[C@@H](Cc1c[nH]c2ccccc12)C(=O)O. The minimum atomic E-state index is -1.00. The fourth-order valence-corrected chi connectivity index (χ4v) is 2.49. The van der Waals surface area contributed by atoms with Crippen LogP contribution < -0.4 is 22.9 Å². The van der Waals surface area contributed by atoms with Gasteiger partial charge in [-0.25, -0.2) is 0 Å². The number of unbranched alkanes of at least 4 members (excludes halogenated alkanes) is 1. The van der Waals surface area contributed by atoms with Gasteiger partial charge in [0.2, 0.25) is 0 Å². The molecule has 0 radical (unpaired) electrons. The van der Waals surface area contributed by atoms with Gasteiger partial charge >= 0.3 is 17.9 Å². The highest BCUT2D eigenvalue weighted by Crippen LogP contribution is 2.18. The van der Waals surface area contributed by atoms with Crippen molar-refractivity contribution in [2.75, 3.05) is 12.3 Å². The number of hydrogen-bond acceptors (Lipinski definition) is 8. The summed E-state index contributed by atoms with van der Waals surface area (Å²) in [5, 5.41) is 26.1. The Bertz CT molecular complexity index is 847. The molecule has 0 unspecified atom stereocenters. The van der Waals surface area contributed by atoms with Gasteiger partial charge in [0.05, 0.1) is 0 Å². The fraction of sp³-hybridized carbons (Fsp3) is 0.450. The zero-order valence-electron chi connectivity index (χ0n) is 17.7. The first-order valence-corrected chi connectivity index (χ1v) is 10.5. The van der Waals surface area contributed by atoms with Crippen LogP contribution in [0.1, 0.15) is 24.8 Å². The summed E-state index contributed by atoms with van der Waals surface area (Å²) in [5.41, 5.74) is 22.8. The third kappa shape index (κ3) is 11.7. The standard InChI is InChI=1S/C11H12N2O2.C6H14N2O2.C3H7NO2S/c12-9(11(14)15)5-7-6-13-10-4-2-1-3-8(7)10;7-4-2-1-3-5(8)6(9)10;4-2(1-7)3(5)6/h1-4,6,9,13H,5,12H2,(H,14,15);5H,1-4,7-8H2,(H,9,10);2,7H,1,4H2,(H,5,6)/t9-;5-;2-/m000/s1. The number of nitrogens with two attached hydrogens (primary N) is 4. The van der Waals surface area contributed by atoms with Gasteiger partial charge in [-0.3, -0.25) is 14.4 Å². The van der Waals surface area contributed by atoms with Crippen LogP contribution in [0.4, 0.5) is 0 Å². The molecule has 1 aromatic carbocycles. The molecule has 0 aliphatic carbocycles. The predicted octanol–water partition coefficient (Wildman–Crippen LogP) is -0.0223. The summed E-state index contributed by atoms with van der Waals surface area (Å²) in [5.74, 6) is -2.72. The number of H-pyrrole nitrogens is 1. The zero-order chi connectivity index (χ0) is 24.7. The number of benzene rings is 1. The molecular weight excluding hydrogens is 438 g/mol. The van der Waals surface area contributed by atoms with Crippen molar-refractivity contribution >= 4 is 41.4 Å². The molecule has 1 heterocycles. The lowest BCUT2D eigenvalue weighted by molar-refractivity contribution is -0.139. The molecule has 0 spiro atoms. The minimum Gasteiger partial charge on any atom is -0.480 e. The number of hydrogen-bond donors (Lipinski definition) is 9. The Balaban J connectivity index is 0.000000493. The lowest BCUT2D eigenvalue weighted by Gasteiger charge is -2.04. The first kappa shape index (κ1) is 29.4. The summed E-state index contributed by atoms with van der Waals surface area (Å²) in [6, 6.07) is 5.38. The van der Waals surface area contributed by atoms with Crippen molar-refractivity contribution in [1.29, 1.82) is 0 Å². The molecule has 0 aliphatic rings. The first-order chi connectivity index (χ1) is 15.0. The van der Waals surface area contributed by atoms with E-state index < -0.39 is 36.0 Å². The molecule has 0 aliphatic heterocycles. The summed E-state index contributed by atoms with van der Waals surface area (Å²) >= 11 is 3.65. The number of carboxylic acid groups (broad SMARTS) is 3. The van der Waals surface area contributed by atoms with E-state index in [1.807, 2.05) is 30.5 Å². The summed E-state index contributed by atoms with van der Waals surface area (Å²) in [6.07, 6.45) is 4.32. The van der Waals surface area contributed by atoms with Gasteiger partial charge in [-0.15, -0.1) is 0 Å². The van der Waals surface area contributed by atoms with Gasteiger partial charge in [0, 0.05) is 29.3 Å². The van der Waals surface area contributed by atoms with Crippen molar-refractivity contribution < 1.29 is 29.7 Å². The zero-order valence-corrected chi connectivity index (χ0v) is 18.6. The molecule has 0 fully saturated rings. The quantitative estimate of drug-likeness (QED) is 0.166. The Labute approximate surface area is 191 Å². The first-order valence-electron chi connectivity index (χ1n) is 9.86. The van der Waals surface area contributed by atoms with Crippen LogP contribution in [0.5, 0.6) is 0 Å². The number of aromatic nitrogens is 1. The van der Waals surface area contributed by atoms with E-state index >= 15 is 0 Å². The van der Waals surface area contributed by atoms with Crippen LogP contribution in [-0.4, -0.2) is 68.6 Å². The molecule has 1 aromatic heterocycles. The molecule has 2 aromatic rings. The van der Waals surface area contributed by atoms with E-state index in [0.29, 0.717) is 19.4 Å². The van der Waals surface area contributed by atoms with Crippen LogP contribution in [0.3, 0.4) is 0 Å². The Kier molecular flexibility index (Phi) is 14.7. The monoisotopic (exact) mass is 471 g/mol. The highest BCUT2D eigenvalue weighted by molar-refractivity contribution is 7.80. The molecule has 180 valence electrons. The second-order valence-corrected chi connectivity index (χ2v) is 7.23. The van der Waals surface area contributed by atoms with Gasteiger partial charge in [0.15, 0.2) is 0 Å². The smallest absolute Gasteiger partial charge is 0.321 e. The van der Waals surface area contributed by atoms with Crippen molar-refractivity contribution in [2.24, 2.45) is 22.9 Å². The average molecular weight is 472 g/mol. The summed E-state index contributed by atoms with van der Waals surface area (Å²) < 4.78 is 0.